The van der Waals surface area contributed by atoms with Crippen LogP contribution in [0.1, 0.15) is 18.4 Å². The summed E-state index contributed by atoms with van der Waals surface area (Å²) in [4.78, 5) is 2.24. The van der Waals surface area contributed by atoms with E-state index in [9.17, 15) is 5.26 Å². The predicted molar refractivity (Wildman–Crippen MR) is 79.1 cm³/mol. The average molecular weight is 250 g/mol. The lowest BCUT2D eigenvalue weighted by atomic mass is 10.00. The molecule has 96 valence electrons. The summed E-state index contributed by atoms with van der Waals surface area (Å²) in [6.07, 6.45) is 0. The summed E-state index contributed by atoms with van der Waals surface area (Å²) in [7, 11) is 0. The largest absolute Gasteiger partial charge is 0.370 e. The fraction of sp³-hybridized carbons (Fsp3) is 0.235. The van der Waals surface area contributed by atoms with Crippen LogP contribution in [-0.2, 0) is 0 Å². The van der Waals surface area contributed by atoms with Gasteiger partial charge in [-0.15, -0.1) is 0 Å². The predicted octanol–water partition coefficient (Wildman–Crippen LogP) is 3.82. The molecule has 0 bridgehead atoms. The van der Waals surface area contributed by atoms with Crippen molar-refractivity contribution in [3.05, 3.63) is 66.2 Å². The molecule has 2 heteroatoms. The van der Waals surface area contributed by atoms with Crippen molar-refractivity contribution in [2.75, 3.05) is 18.0 Å². The van der Waals surface area contributed by atoms with Crippen LogP contribution < -0.4 is 4.90 Å². The first-order valence-electron chi connectivity index (χ1n) is 6.59. The first kappa shape index (κ1) is 13.2. The van der Waals surface area contributed by atoms with Gasteiger partial charge < -0.3 is 4.90 Å². The monoisotopic (exact) mass is 250 g/mol. The van der Waals surface area contributed by atoms with E-state index in [0.29, 0.717) is 0 Å². The summed E-state index contributed by atoms with van der Waals surface area (Å²) < 4.78 is 0. The maximum atomic E-state index is 9.39. The number of para-hydroxylation sites is 1. The molecule has 19 heavy (non-hydrogen) atoms. The minimum atomic E-state index is -0.0960. The molecule has 0 heterocycles. The summed E-state index contributed by atoms with van der Waals surface area (Å²) in [5.74, 6) is -0.0960. The Labute approximate surface area is 114 Å². The summed E-state index contributed by atoms with van der Waals surface area (Å²) in [5.41, 5.74) is 2.25. The van der Waals surface area contributed by atoms with E-state index >= 15 is 0 Å². The van der Waals surface area contributed by atoms with Crippen LogP contribution in [0.15, 0.2) is 60.7 Å². The first-order chi connectivity index (χ1) is 9.35. The van der Waals surface area contributed by atoms with Crippen molar-refractivity contribution in [3.63, 3.8) is 0 Å². The molecule has 0 spiro atoms. The van der Waals surface area contributed by atoms with Gasteiger partial charge in [0.2, 0.25) is 0 Å². The van der Waals surface area contributed by atoms with Gasteiger partial charge in [0.05, 0.1) is 12.0 Å². The van der Waals surface area contributed by atoms with E-state index in [-0.39, 0.29) is 5.92 Å². The zero-order valence-electron chi connectivity index (χ0n) is 11.2. The molecular weight excluding hydrogens is 232 g/mol. The first-order valence-corrected chi connectivity index (χ1v) is 6.59. The third-order valence-corrected chi connectivity index (χ3v) is 3.26. The fourth-order valence-electron chi connectivity index (χ4n) is 2.18. The Kier molecular flexibility index (Phi) is 4.58. The van der Waals surface area contributed by atoms with Gasteiger partial charge in [0.1, 0.15) is 0 Å². The second kappa shape index (κ2) is 6.61. The Morgan fingerprint density at radius 1 is 1.00 bits per heavy atom. The average Bonchev–Trinajstić information content (AvgIpc) is 2.50. The quantitative estimate of drug-likeness (QED) is 0.806. The Bertz CT molecular complexity index is 528. The van der Waals surface area contributed by atoms with Crippen LogP contribution in [0.5, 0.6) is 0 Å². The van der Waals surface area contributed by atoms with E-state index in [1.807, 2.05) is 48.5 Å². The zero-order chi connectivity index (χ0) is 13.5. The molecule has 0 aliphatic heterocycles. The summed E-state index contributed by atoms with van der Waals surface area (Å²) in [6, 6.07) is 22.6. The molecule has 1 atom stereocenters. The highest BCUT2D eigenvalue weighted by Crippen LogP contribution is 2.20. The van der Waals surface area contributed by atoms with Crippen molar-refractivity contribution >= 4 is 5.69 Å². The summed E-state index contributed by atoms with van der Waals surface area (Å²) in [5, 5.41) is 9.39. The summed E-state index contributed by atoms with van der Waals surface area (Å²) >= 11 is 0. The number of hydrogen-bond donors (Lipinski definition) is 0. The van der Waals surface area contributed by atoms with Crippen LogP contribution in [0.2, 0.25) is 0 Å². The molecule has 0 aromatic heterocycles. The van der Waals surface area contributed by atoms with E-state index in [0.717, 1.165) is 18.7 Å². The van der Waals surface area contributed by atoms with Crippen LogP contribution in [-0.4, -0.2) is 13.1 Å². The standard InChI is InChI=1S/C17H18N2/c1-2-19(17-11-7-4-8-12-17)14-16(13-18)15-9-5-3-6-10-15/h3-12,16H,2,14H2,1H3. The Morgan fingerprint density at radius 2 is 1.58 bits per heavy atom. The Hall–Kier alpha value is -2.27. The molecule has 0 aliphatic rings. The molecular formula is C17H18N2. The van der Waals surface area contributed by atoms with Gasteiger partial charge in [0.15, 0.2) is 0 Å². The van der Waals surface area contributed by atoms with Gasteiger partial charge in [0, 0.05) is 18.8 Å². The number of rotatable bonds is 5. The maximum Gasteiger partial charge on any atom is 0.0887 e. The Morgan fingerprint density at radius 3 is 2.11 bits per heavy atom. The second-order valence-corrected chi connectivity index (χ2v) is 4.47. The summed E-state index contributed by atoms with van der Waals surface area (Å²) in [6.45, 7) is 3.74. The number of benzene rings is 2. The van der Waals surface area contributed by atoms with Gasteiger partial charge in [-0.3, -0.25) is 0 Å². The van der Waals surface area contributed by atoms with E-state index < -0.39 is 0 Å². The van der Waals surface area contributed by atoms with Crippen LogP contribution in [0.4, 0.5) is 5.69 Å². The lowest BCUT2D eigenvalue weighted by Gasteiger charge is -2.25. The number of hydrogen-bond acceptors (Lipinski definition) is 2. The number of nitrogens with zero attached hydrogens (tertiary/aromatic N) is 2. The van der Waals surface area contributed by atoms with E-state index in [1.54, 1.807) is 0 Å². The van der Waals surface area contributed by atoms with Crippen molar-refractivity contribution in [1.82, 2.24) is 0 Å². The number of likely N-dealkylation sites (N-methyl/N-ethyl adjacent to an activating group) is 1. The maximum absolute atomic E-state index is 9.39. The van der Waals surface area contributed by atoms with Gasteiger partial charge in [-0.2, -0.15) is 5.26 Å². The molecule has 0 aliphatic carbocycles. The van der Waals surface area contributed by atoms with Gasteiger partial charge in [-0.1, -0.05) is 48.5 Å². The minimum absolute atomic E-state index is 0.0960. The molecule has 1 unspecified atom stereocenters. The zero-order valence-corrected chi connectivity index (χ0v) is 11.2. The van der Waals surface area contributed by atoms with Crippen LogP contribution in [0.25, 0.3) is 0 Å². The molecule has 0 N–H and O–H groups in total. The topological polar surface area (TPSA) is 27.0 Å². The molecule has 0 fully saturated rings. The highest BCUT2D eigenvalue weighted by molar-refractivity contribution is 5.47. The van der Waals surface area contributed by atoms with Crippen LogP contribution in [0, 0.1) is 11.3 Å². The van der Waals surface area contributed by atoms with Gasteiger partial charge in [-0.25, -0.2) is 0 Å². The molecule has 2 aromatic rings. The lowest BCUT2D eigenvalue weighted by Crippen LogP contribution is -2.27. The molecule has 2 aromatic carbocycles. The number of anilines is 1. The fourth-order valence-corrected chi connectivity index (χ4v) is 2.18. The highest BCUT2D eigenvalue weighted by Gasteiger charge is 2.14. The SMILES string of the molecule is CCN(CC(C#N)c1ccccc1)c1ccccc1. The van der Waals surface area contributed by atoms with Crippen molar-refractivity contribution in [1.29, 1.82) is 5.26 Å². The van der Waals surface area contributed by atoms with E-state index in [2.05, 4.69) is 30.0 Å². The van der Waals surface area contributed by atoms with Gasteiger partial charge in [0.25, 0.3) is 0 Å². The Balaban J connectivity index is 2.16. The van der Waals surface area contributed by atoms with Gasteiger partial charge >= 0.3 is 0 Å². The van der Waals surface area contributed by atoms with Crippen molar-refractivity contribution in [2.45, 2.75) is 12.8 Å². The van der Waals surface area contributed by atoms with E-state index in [4.69, 9.17) is 0 Å². The van der Waals surface area contributed by atoms with Gasteiger partial charge in [-0.05, 0) is 24.6 Å². The van der Waals surface area contributed by atoms with E-state index in [1.165, 1.54) is 5.69 Å². The van der Waals surface area contributed by atoms with Crippen molar-refractivity contribution in [3.8, 4) is 6.07 Å². The van der Waals surface area contributed by atoms with Crippen LogP contribution in [0.3, 0.4) is 0 Å². The van der Waals surface area contributed by atoms with Crippen LogP contribution >= 0.6 is 0 Å². The molecule has 0 saturated heterocycles. The molecule has 0 radical (unpaired) electrons. The van der Waals surface area contributed by atoms with Crippen molar-refractivity contribution < 1.29 is 0 Å². The number of nitriles is 1. The lowest BCUT2D eigenvalue weighted by molar-refractivity contribution is 0.756. The molecule has 0 amide bonds. The third kappa shape index (κ3) is 3.35. The minimum Gasteiger partial charge on any atom is -0.370 e. The highest BCUT2D eigenvalue weighted by atomic mass is 15.1. The molecule has 2 nitrogen and oxygen atoms in total. The second-order valence-electron chi connectivity index (χ2n) is 4.47. The molecule has 0 saturated carbocycles. The normalized spacial score (nSPS) is 11.6. The smallest absolute Gasteiger partial charge is 0.0887 e. The molecule has 2 rings (SSSR count). The third-order valence-electron chi connectivity index (χ3n) is 3.26. The van der Waals surface area contributed by atoms with Crippen molar-refractivity contribution in [2.24, 2.45) is 0 Å².